The van der Waals surface area contributed by atoms with Gasteiger partial charge in [0.15, 0.2) is 0 Å². The largest absolute Gasteiger partial charge is 0.0602 e. The minimum atomic E-state index is 0.240. The summed E-state index contributed by atoms with van der Waals surface area (Å²) in [5, 5.41) is 0. The highest BCUT2D eigenvalue weighted by Gasteiger charge is 2.48. The summed E-state index contributed by atoms with van der Waals surface area (Å²) in [6, 6.07) is 0. The summed E-state index contributed by atoms with van der Waals surface area (Å²) < 4.78 is 0. The molecule has 103 valence electrons. The molecule has 1 aliphatic carbocycles. The molecule has 0 nitrogen and oxygen atoms in total. The Labute approximate surface area is 116 Å². The van der Waals surface area contributed by atoms with Crippen molar-refractivity contribution in [2.45, 2.75) is 68.7 Å². The smallest absolute Gasteiger partial charge is 0.00764 e. The van der Waals surface area contributed by atoms with Crippen molar-refractivity contribution in [3.05, 3.63) is 30.6 Å². The molecule has 0 N–H and O–H groups in total. The molecule has 0 aromatic carbocycles. The molecule has 5 radical (unpaired) electrons. The van der Waals surface area contributed by atoms with Crippen LogP contribution >= 0.6 is 0 Å². The van der Waals surface area contributed by atoms with E-state index in [0.29, 0.717) is 5.41 Å². The summed E-state index contributed by atoms with van der Waals surface area (Å²) in [6.07, 6.45) is 5.86. The van der Waals surface area contributed by atoms with Crippen LogP contribution in [0, 0.1) is 46.8 Å². The number of rotatable bonds is 1. The van der Waals surface area contributed by atoms with Gasteiger partial charge in [0.05, 0.1) is 0 Å². The zero-order valence-corrected chi connectivity index (χ0v) is 13.9. The molecule has 1 saturated carbocycles. The second-order valence-electron chi connectivity index (χ2n) is 8.88. The predicted molar refractivity (Wildman–Crippen MR) is 81.3 cm³/mol. The fourth-order valence-corrected chi connectivity index (χ4v) is 2.64. The molecule has 0 amide bonds. The standard InChI is InChI=1S/C18H31/c1-16(2,3)12-13-14(17(4,5)6)10-11-15(13)18(7,8)9/h10-11H,12H2,1-9H3. The first-order valence-electron chi connectivity index (χ1n) is 7.12. The van der Waals surface area contributed by atoms with Gasteiger partial charge in [-0.25, -0.2) is 0 Å². The SMILES string of the molecule is CC(C)(C)C[C]1[C](C(C)(C)C)[CH][CH][C]1C(C)(C)C. The van der Waals surface area contributed by atoms with E-state index in [0.717, 1.165) is 0 Å². The van der Waals surface area contributed by atoms with Crippen LogP contribution in [0.1, 0.15) is 68.7 Å². The minimum Gasteiger partial charge on any atom is -0.0602 e. The molecular weight excluding hydrogens is 216 g/mol. The van der Waals surface area contributed by atoms with E-state index in [2.05, 4.69) is 75.2 Å². The van der Waals surface area contributed by atoms with Gasteiger partial charge in [0.2, 0.25) is 0 Å². The zero-order chi connectivity index (χ0) is 14.4. The van der Waals surface area contributed by atoms with Crippen molar-refractivity contribution in [1.82, 2.24) is 0 Å². The Morgan fingerprint density at radius 3 is 1.22 bits per heavy atom. The lowest BCUT2D eigenvalue weighted by Gasteiger charge is -2.40. The van der Waals surface area contributed by atoms with Crippen molar-refractivity contribution in [3.8, 4) is 0 Å². The molecule has 0 unspecified atom stereocenters. The Hall–Kier alpha value is 0. The summed E-state index contributed by atoms with van der Waals surface area (Å²) in [5.41, 5.74) is 0.822. The fourth-order valence-electron chi connectivity index (χ4n) is 2.64. The quantitative estimate of drug-likeness (QED) is 0.561. The van der Waals surface area contributed by atoms with E-state index in [4.69, 9.17) is 0 Å². The Morgan fingerprint density at radius 1 is 0.667 bits per heavy atom. The Bertz CT molecular complexity index is 244. The maximum atomic E-state index is 2.35. The average molecular weight is 247 g/mol. The van der Waals surface area contributed by atoms with Crippen molar-refractivity contribution >= 4 is 0 Å². The minimum absolute atomic E-state index is 0.240. The van der Waals surface area contributed by atoms with Gasteiger partial charge in [-0.15, -0.1) is 0 Å². The van der Waals surface area contributed by atoms with Crippen LogP contribution in [0.5, 0.6) is 0 Å². The lowest BCUT2D eigenvalue weighted by molar-refractivity contribution is 0.338. The second-order valence-corrected chi connectivity index (χ2v) is 8.88. The molecule has 1 fully saturated rings. The van der Waals surface area contributed by atoms with E-state index in [1.54, 1.807) is 5.92 Å². The monoisotopic (exact) mass is 247 g/mol. The van der Waals surface area contributed by atoms with Gasteiger partial charge in [-0.1, -0.05) is 62.3 Å². The van der Waals surface area contributed by atoms with Gasteiger partial charge in [0.1, 0.15) is 0 Å². The van der Waals surface area contributed by atoms with Gasteiger partial charge in [0, 0.05) is 0 Å². The van der Waals surface area contributed by atoms with Crippen LogP contribution < -0.4 is 0 Å². The van der Waals surface area contributed by atoms with E-state index in [1.165, 1.54) is 18.3 Å². The highest BCUT2D eigenvalue weighted by Crippen LogP contribution is 2.58. The van der Waals surface area contributed by atoms with E-state index in [-0.39, 0.29) is 10.8 Å². The van der Waals surface area contributed by atoms with E-state index < -0.39 is 0 Å². The third-order valence-corrected chi connectivity index (χ3v) is 3.39. The first-order chi connectivity index (χ1) is 7.82. The molecule has 0 atom stereocenters. The molecule has 18 heavy (non-hydrogen) atoms. The molecule has 0 saturated heterocycles. The van der Waals surface area contributed by atoms with Gasteiger partial charge in [-0.2, -0.15) is 0 Å². The first kappa shape index (κ1) is 16.1. The zero-order valence-electron chi connectivity index (χ0n) is 13.9. The lowest BCUT2D eigenvalue weighted by atomic mass is 9.64. The molecule has 0 aromatic rings. The van der Waals surface area contributed by atoms with Crippen LogP contribution in [0.3, 0.4) is 0 Å². The third-order valence-electron chi connectivity index (χ3n) is 3.39. The second kappa shape index (κ2) is 4.84. The van der Waals surface area contributed by atoms with Crippen LogP contribution in [-0.2, 0) is 0 Å². The maximum absolute atomic E-state index is 2.35. The molecule has 1 aliphatic rings. The average Bonchev–Trinajstić information content (AvgIpc) is 2.41. The Morgan fingerprint density at radius 2 is 1.00 bits per heavy atom. The van der Waals surface area contributed by atoms with Crippen molar-refractivity contribution in [2.75, 3.05) is 0 Å². The Kier molecular flexibility index (Phi) is 4.31. The molecule has 0 heteroatoms. The van der Waals surface area contributed by atoms with E-state index in [1.807, 2.05) is 0 Å². The maximum Gasteiger partial charge on any atom is -0.00764 e. The van der Waals surface area contributed by atoms with Crippen LogP contribution in [0.2, 0.25) is 0 Å². The van der Waals surface area contributed by atoms with Gasteiger partial charge < -0.3 is 0 Å². The molecule has 0 aliphatic heterocycles. The van der Waals surface area contributed by atoms with Gasteiger partial charge in [0.25, 0.3) is 0 Å². The van der Waals surface area contributed by atoms with Crippen LogP contribution in [0.25, 0.3) is 0 Å². The molecule has 0 spiro atoms. The first-order valence-corrected chi connectivity index (χ1v) is 7.12. The molecule has 0 bridgehead atoms. The van der Waals surface area contributed by atoms with Crippen LogP contribution in [0.15, 0.2) is 0 Å². The number of hydrogen-bond donors (Lipinski definition) is 0. The van der Waals surface area contributed by atoms with Crippen LogP contribution in [-0.4, -0.2) is 0 Å². The fraction of sp³-hybridized carbons (Fsp3) is 0.722. The van der Waals surface area contributed by atoms with Gasteiger partial charge in [-0.3, -0.25) is 0 Å². The summed E-state index contributed by atoms with van der Waals surface area (Å²) in [4.78, 5) is 0. The highest BCUT2D eigenvalue weighted by molar-refractivity contribution is 5.54. The molecular formula is C18H31. The highest BCUT2D eigenvalue weighted by atomic mass is 14.5. The Balaban J connectivity index is 2.97. The molecule has 0 aromatic heterocycles. The van der Waals surface area contributed by atoms with Crippen molar-refractivity contribution < 1.29 is 0 Å². The topological polar surface area (TPSA) is 0 Å². The van der Waals surface area contributed by atoms with Gasteiger partial charge >= 0.3 is 0 Å². The van der Waals surface area contributed by atoms with Crippen molar-refractivity contribution in [2.24, 2.45) is 16.2 Å². The predicted octanol–water partition coefficient (Wildman–Crippen LogP) is 5.66. The number of hydrogen-bond acceptors (Lipinski definition) is 0. The summed E-state index contributed by atoms with van der Waals surface area (Å²) in [7, 11) is 0. The molecule has 0 heterocycles. The molecule has 1 rings (SSSR count). The third kappa shape index (κ3) is 4.00. The normalized spacial score (nSPS) is 21.8. The summed E-state index contributed by atoms with van der Waals surface area (Å²) >= 11 is 0. The van der Waals surface area contributed by atoms with Crippen LogP contribution in [0.4, 0.5) is 0 Å². The summed E-state index contributed by atoms with van der Waals surface area (Å²) in [5.74, 6) is 4.65. The van der Waals surface area contributed by atoms with E-state index >= 15 is 0 Å². The summed E-state index contributed by atoms with van der Waals surface area (Å²) in [6.45, 7) is 20.9. The lowest BCUT2D eigenvalue weighted by Crippen LogP contribution is -2.30. The van der Waals surface area contributed by atoms with Crippen molar-refractivity contribution in [3.63, 3.8) is 0 Å². The van der Waals surface area contributed by atoms with E-state index in [9.17, 15) is 0 Å². The van der Waals surface area contributed by atoms with Crippen molar-refractivity contribution in [1.29, 1.82) is 0 Å². The van der Waals surface area contributed by atoms with Gasteiger partial charge in [-0.05, 0) is 53.3 Å².